The highest BCUT2D eigenvalue weighted by Gasteiger charge is 2.70. The molecule has 0 aromatic heterocycles. The van der Waals surface area contributed by atoms with Crippen LogP contribution in [0.2, 0.25) is 0 Å². The number of ether oxygens (including phenoxy) is 3. The van der Waals surface area contributed by atoms with Gasteiger partial charge in [0.25, 0.3) is 0 Å². The monoisotopic (exact) mass is 526 g/mol. The molecule has 7 atom stereocenters. The van der Waals surface area contributed by atoms with Gasteiger partial charge in [-0.1, -0.05) is 47.1 Å². The molecular formula is C33H50O5. The van der Waals surface area contributed by atoms with E-state index in [-0.39, 0.29) is 39.3 Å². The van der Waals surface area contributed by atoms with Crippen molar-refractivity contribution in [2.24, 2.45) is 50.7 Å². The van der Waals surface area contributed by atoms with Crippen molar-refractivity contribution in [3.8, 4) is 0 Å². The Kier molecular flexibility index (Phi) is 5.97. The maximum Gasteiger partial charge on any atom is 0.320 e. The van der Waals surface area contributed by atoms with Crippen LogP contribution in [-0.2, 0) is 23.8 Å². The molecule has 1 heterocycles. The highest BCUT2D eigenvalue weighted by Crippen LogP contribution is 2.73. The predicted octanol–water partition coefficient (Wildman–Crippen LogP) is 6.88. The van der Waals surface area contributed by atoms with Crippen molar-refractivity contribution in [1.82, 2.24) is 0 Å². The fourth-order valence-corrected chi connectivity index (χ4v) is 11.3. The second-order valence-electron chi connectivity index (χ2n) is 15.6. The summed E-state index contributed by atoms with van der Waals surface area (Å²) in [6.45, 7) is 18.0. The number of hydrogen-bond donors (Lipinski definition) is 0. The first-order chi connectivity index (χ1) is 17.8. The molecule has 0 radical (unpaired) electrons. The van der Waals surface area contributed by atoms with Gasteiger partial charge in [-0.3, -0.25) is 9.59 Å². The Labute approximate surface area is 229 Å². The lowest BCUT2D eigenvalue weighted by molar-refractivity contribution is -0.302. The molecule has 0 amide bonds. The Morgan fingerprint density at radius 3 is 2.32 bits per heavy atom. The lowest BCUT2D eigenvalue weighted by Gasteiger charge is -2.69. The lowest BCUT2D eigenvalue weighted by atomic mass is 9.36. The summed E-state index contributed by atoms with van der Waals surface area (Å²) in [5, 5.41) is 0. The van der Waals surface area contributed by atoms with E-state index in [1.165, 1.54) is 12.0 Å². The number of carbonyl (C=O) groups is 2. The molecule has 0 unspecified atom stereocenters. The lowest BCUT2D eigenvalue weighted by Crippen LogP contribution is -2.65. The molecule has 5 heteroatoms. The molecule has 5 nitrogen and oxygen atoms in total. The van der Waals surface area contributed by atoms with Gasteiger partial charge in [-0.05, 0) is 104 Å². The number of rotatable bonds is 2. The van der Waals surface area contributed by atoms with Crippen molar-refractivity contribution in [3.63, 3.8) is 0 Å². The molecule has 6 rings (SSSR count). The zero-order chi connectivity index (χ0) is 27.4. The van der Waals surface area contributed by atoms with Crippen molar-refractivity contribution in [2.75, 3.05) is 19.8 Å². The first-order valence-corrected chi connectivity index (χ1v) is 15.5. The number of fused-ring (bicyclic) bond motifs is 7. The van der Waals surface area contributed by atoms with E-state index in [4.69, 9.17) is 14.2 Å². The molecule has 1 spiro atoms. The van der Waals surface area contributed by atoms with Crippen LogP contribution in [0, 0.1) is 50.7 Å². The smallest absolute Gasteiger partial charge is 0.320 e. The van der Waals surface area contributed by atoms with Gasteiger partial charge >= 0.3 is 5.97 Å². The predicted molar refractivity (Wildman–Crippen MR) is 146 cm³/mol. The van der Waals surface area contributed by atoms with Crippen LogP contribution >= 0.6 is 0 Å². The van der Waals surface area contributed by atoms with E-state index in [2.05, 4.69) is 41.5 Å². The summed E-state index contributed by atoms with van der Waals surface area (Å²) in [6, 6.07) is 0. The fourth-order valence-electron chi connectivity index (χ4n) is 11.3. The second-order valence-corrected chi connectivity index (χ2v) is 15.6. The number of hydrogen-bond acceptors (Lipinski definition) is 5. The number of ketones is 1. The van der Waals surface area contributed by atoms with Gasteiger partial charge in [0.1, 0.15) is 5.41 Å². The fraction of sp³-hybridized carbons (Fsp3) is 0.879. The summed E-state index contributed by atoms with van der Waals surface area (Å²) in [6.07, 6.45) is 10.9. The molecule has 4 saturated carbocycles. The summed E-state index contributed by atoms with van der Waals surface area (Å²) < 4.78 is 18.4. The molecule has 5 fully saturated rings. The van der Waals surface area contributed by atoms with Crippen LogP contribution in [0.4, 0.5) is 0 Å². The van der Waals surface area contributed by atoms with Crippen molar-refractivity contribution in [3.05, 3.63) is 11.6 Å². The topological polar surface area (TPSA) is 61.8 Å². The molecule has 0 bridgehead atoms. The van der Waals surface area contributed by atoms with E-state index in [9.17, 15) is 9.59 Å². The van der Waals surface area contributed by atoms with Gasteiger partial charge in [-0.2, -0.15) is 0 Å². The highest BCUT2D eigenvalue weighted by molar-refractivity contribution is 6.11. The molecule has 0 N–H and O–H groups in total. The number of esters is 1. The molecular weight excluding hydrogens is 476 g/mol. The summed E-state index contributed by atoms with van der Waals surface area (Å²) in [7, 11) is 0. The van der Waals surface area contributed by atoms with Crippen LogP contribution in [-0.4, -0.2) is 37.4 Å². The van der Waals surface area contributed by atoms with E-state index in [0.717, 1.165) is 44.9 Å². The summed E-state index contributed by atoms with van der Waals surface area (Å²) >= 11 is 0. The van der Waals surface area contributed by atoms with Crippen LogP contribution in [0.5, 0.6) is 0 Å². The van der Waals surface area contributed by atoms with Gasteiger partial charge in [0.05, 0.1) is 19.8 Å². The van der Waals surface area contributed by atoms with Crippen molar-refractivity contribution < 1.29 is 23.8 Å². The van der Waals surface area contributed by atoms with Crippen LogP contribution in [0.1, 0.15) is 106 Å². The Bertz CT molecular complexity index is 1050. The van der Waals surface area contributed by atoms with E-state index in [0.29, 0.717) is 44.0 Å². The third-order valence-electron chi connectivity index (χ3n) is 13.2. The third-order valence-corrected chi connectivity index (χ3v) is 13.2. The Morgan fingerprint density at radius 1 is 0.921 bits per heavy atom. The van der Waals surface area contributed by atoms with Crippen molar-refractivity contribution in [2.45, 2.75) is 112 Å². The van der Waals surface area contributed by atoms with Crippen molar-refractivity contribution >= 4 is 11.8 Å². The Hall–Kier alpha value is -1.20. The summed E-state index contributed by atoms with van der Waals surface area (Å²) in [5.41, 5.74) is 0.622. The second kappa shape index (κ2) is 8.41. The maximum absolute atomic E-state index is 14.2. The number of allylic oxidation sites excluding steroid dienone is 2. The largest absolute Gasteiger partial charge is 0.465 e. The molecule has 1 aliphatic heterocycles. The van der Waals surface area contributed by atoms with Gasteiger partial charge in [0, 0.05) is 11.8 Å². The third kappa shape index (κ3) is 3.30. The number of carbonyl (C=O) groups excluding carboxylic acids is 2. The normalized spacial score (nSPS) is 46.3. The van der Waals surface area contributed by atoms with E-state index < -0.39 is 11.2 Å². The molecule has 38 heavy (non-hydrogen) atoms. The van der Waals surface area contributed by atoms with Gasteiger partial charge in [-0.25, -0.2) is 0 Å². The van der Waals surface area contributed by atoms with Crippen molar-refractivity contribution in [1.29, 1.82) is 0 Å². The average molecular weight is 527 g/mol. The van der Waals surface area contributed by atoms with Crippen LogP contribution in [0.3, 0.4) is 0 Å². The zero-order valence-corrected chi connectivity index (χ0v) is 24.9. The zero-order valence-electron chi connectivity index (χ0n) is 24.9. The molecule has 212 valence electrons. The minimum Gasteiger partial charge on any atom is -0.465 e. The van der Waals surface area contributed by atoms with Gasteiger partial charge < -0.3 is 14.2 Å². The summed E-state index contributed by atoms with van der Waals surface area (Å²) in [4.78, 5) is 27.7. The maximum atomic E-state index is 14.2. The van der Waals surface area contributed by atoms with Gasteiger partial charge in [0.15, 0.2) is 11.6 Å². The molecule has 0 aromatic carbocycles. The van der Waals surface area contributed by atoms with Crippen LogP contribution < -0.4 is 0 Å². The van der Waals surface area contributed by atoms with E-state index >= 15 is 0 Å². The van der Waals surface area contributed by atoms with E-state index in [1.807, 2.05) is 13.0 Å². The van der Waals surface area contributed by atoms with Gasteiger partial charge in [0.2, 0.25) is 0 Å². The first-order valence-electron chi connectivity index (χ1n) is 15.5. The standard InChI is InChI=1S/C33H50O5/c1-8-36-27(35)32-15-13-28(2,3)20-23(32)21-9-10-25-30(6,22(21)19-26(32)34)12-11-24-29(4,5)33(37-17-18-38-33)16-14-31(24,25)7/h19,21,23-25H,8-18,20H2,1-7H3/t21-,23-,24-,25-,30-,31-,32+/m0/s1. The Morgan fingerprint density at radius 2 is 1.63 bits per heavy atom. The highest BCUT2D eigenvalue weighted by atomic mass is 16.7. The SMILES string of the molecule is CCOC(=O)[C@]12CCC(C)(C)C[C@H]1[C@H]1CC[C@@H]3[C@@]4(C)CCC5(OCCO5)C(C)(C)[C@@H]4CC[C@@]3(C)C1=CC2=O. The van der Waals surface area contributed by atoms with E-state index in [1.54, 1.807) is 0 Å². The summed E-state index contributed by atoms with van der Waals surface area (Å²) in [5.74, 6) is 0.703. The average Bonchev–Trinajstić information content (AvgIpc) is 3.33. The Balaban J connectivity index is 1.40. The minimum absolute atomic E-state index is 0.00971. The quantitative estimate of drug-likeness (QED) is 0.290. The van der Waals surface area contributed by atoms with Gasteiger partial charge in [-0.15, -0.1) is 0 Å². The molecule has 1 saturated heterocycles. The minimum atomic E-state index is -0.986. The molecule has 5 aliphatic carbocycles. The molecule has 0 aromatic rings. The van der Waals surface area contributed by atoms with Crippen LogP contribution in [0.25, 0.3) is 0 Å². The van der Waals surface area contributed by atoms with Crippen LogP contribution in [0.15, 0.2) is 11.6 Å². The first kappa shape index (κ1) is 27.0. The molecule has 6 aliphatic rings.